The molecule has 0 saturated carbocycles. The van der Waals surface area contributed by atoms with Crippen molar-refractivity contribution in [2.45, 2.75) is 0 Å². The maximum atomic E-state index is 10.4. The van der Waals surface area contributed by atoms with Crippen LogP contribution in [0.15, 0.2) is 0 Å². The van der Waals surface area contributed by atoms with Crippen molar-refractivity contribution in [3.05, 3.63) is 31.3 Å². The molecule has 0 N–H and O–H groups in total. The fourth-order valence-electron chi connectivity index (χ4n) is 2.37. The Bertz CT molecular complexity index is 276. The molecule has 3 saturated heterocycles. The van der Waals surface area contributed by atoms with Crippen LogP contribution in [0.1, 0.15) is 0 Å². The standard InChI is InChI=1S/C6H12N6O4/c13-9(14)7-11-1-2-12(5-3-11,6-4-11)8-10(15)16/h1-6H2. The van der Waals surface area contributed by atoms with E-state index in [0.717, 1.165) is 0 Å². The monoisotopic (exact) mass is 232 g/mol. The number of rotatable bonds is 4. The summed E-state index contributed by atoms with van der Waals surface area (Å²) in [5.74, 6) is 0. The zero-order chi connectivity index (χ0) is 11.8. The number of quaternary nitrogens is 2. The summed E-state index contributed by atoms with van der Waals surface area (Å²) in [6, 6.07) is 0. The van der Waals surface area contributed by atoms with E-state index < -0.39 is 10.1 Å². The molecule has 90 valence electrons. The lowest BCUT2D eigenvalue weighted by Gasteiger charge is -2.58. The lowest BCUT2D eigenvalue weighted by Crippen LogP contribution is -2.72. The van der Waals surface area contributed by atoms with Crippen molar-refractivity contribution in [2.75, 3.05) is 39.3 Å². The van der Waals surface area contributed by atoms with Gasteiger partial charge in [-0.3, -0.25) is 29.4 Å². The highest BCUT2D eigenvalue weighted by molar-refractivity contribution is 4.66. The van der Waals surface area contributed by atoms with Crippen molar-refractivity contribution in [2.24, 2.45) is 0 Å². The van der Waals surface area contributed by atoms with E-state index in [-0.39, 0.29) is 9.18 Å². The molecule has 3 aliphatic heterocycles. The zero-order valence-electron chi connectivity index (χ0n) is 8.56. The molecule has 10 nitrogen and oxygen atoms in total. The molecule has 3 heterocycles. The predicted molar refractivity (Wildman–Crippen MR) is 50.4 cm³/mol. The molecule has 0 aromatic heterocycles. The summed E-state index contributed by atoms with van der Waals surface area (Å²) in [6.45, 7) is 2.66. The van der Waals surface area contributed by atoms with Gasteiger partial charge in [-0.25, -0.2) is 0 Å². The van der Waals surface area contributed by atoms with E-state index in [0.29, 0.717) is 39.3 Å². The Balaban J connectivity index is 2.02. The van der Waals surface area contributed by atoms with Crippen LogP contribution >= 0.6 is 0 Å². The molecule has 2 bridgehead atoms. The van der Waals surface area contributed by atoms with Gasteiger partial charge in [0.15, 0.2) is 0 Å². The van der Waals surface area contributed by atoms with Crippen molar-refractivity contribution in [1.82, 2.24) is 0 Å². The van der Waals surface area contributed by atoms with E-state index in [1.54, 1.807) is 0 Å². The van der Waals surface area contributed by atoms with Crippen molar-refractivity contribution >= 4 is 0 Å². The minimum atomic E-state index is -0.671. The summed E-state index contributed by atoms with van der Waals surface area (Å²) in [4.78, 5) is 20.8. The molecule has 0 spiro atoms. The predicted octanol–water partition coefficient (Wildman–Crippen LogP) is -0.392. The molecule has 0 radical (unpaired) electrons. The number of nitro groups is 2. The summed E-state index contributed by atoms with van der Waals surface area (Å²) in [7, 11) is 0. The molecule has 0 amide bonds. The second-order valence-electron chi connectivity index (χ2n) is 4.19. The minimum absolute atomic E-state index is 0.0836. The Morgan fingerprint density at radius 1 is 0.750 bits per heavy atom. The van der Waals surface area contributed by atoms with Crippen LogP contribution in [0.2, 0.25) is 0 Å². The first-order chi connectivity index (χ1) is 7.45. The maximum Gasteiger partial charge on any atom is 0.128 e. The Morgan fingerprint density at radius 2 is 1.00 bits per heavy atom. The second-order valence-corrected chi connectivity index (χ2v) is 4.19. The molecule has 3 aliphatic rings. The smallest absolute Gasteiger partial charge is 0.128 e. The van der Waals surface area contributed by atoms with Gasteiger partial charge in [0.2, 0.25) is 0 Å². The van der Waals surface area contributed by atoms with Gasteiger partial charge in [0.1, 0.15) is 39.3 Å². The fourth-order valence-corrected chi connectivity index (χ4v) is 2.37. The largest absolute Gasteiger partial charge is 0.299 e. The van der Waals surface area contributed by atoms with Crippen molar-refractivity contribution in [3.8, 4) is 0 Å². The van der Waals surface area contributed by atoms with Crippen LogP contribution in [-0.2, 0) is 0 Å². The van der Waals surface area contributed by atoms with Gasteiger partial charge in [0.25, 0.3) is 0 Å². The molecule has 3 fully saturated rings. The molecule has 0 atom stereocenters. The van der Waals surface area contributed by atoms with Crippen molar-refractivity contribution in [3.63, 3.8) is 0 Å². The molecule has 0 aliphatic carbocycles. The highest BCUT2D eigenvalue weighted by Crippen LogP contribution is 2.32. The molecular weight excluding hydrogens is 220 g/mol. The summed E-state index contributed by atoms with van der Waals surface area (Å²) in [5.41, 5.74) is 6.95. The number of hydrogen-bond acceptors (Lipinski definition) is 4. The second kappa shape index (κ2) is 3.42. The lowest BCUT2D eigenvalue weighted by molar-refractivity contribution is -1.08. The third-order valence-electron chi connectivity index (χ3n) is 3.32. The van der Waals surface area contributed by atoms with Crippen molar-refractivity contribution < 1.29 is 19.2 Å². The third-order valence-corrected chi connectivity index (χ3v) is 3.32. The van der Waals surface area contributed by atoms with Gasteiger partial charge < -0.3 is 0 Å². The fraction of sp³-hybridized carbons (Fsp3) is 1.00. The quantitative estimate of drug-likeness (QED) is 0.373. The SMILES string of the molecule is O=[N+]([O-])[N-][N+]12CC[N+]([N-][N+](=O)[O-])(CC1)CC2. The number of nitrogens with zero attached hydrogens (tertiary/aromatic N) is 6. The first-order valence-electron chi connectivity index (χ1n) is 4.93. The zero-order valence-corrected chi connectivity index (χ0v) is 8.56. The van der Waals surface area contributed by atoms with Crippen molar-refractivity contribution in [1.29, 1.82) is 0 Å². The number of fused-ring (bicyclic) bond motifs is 3. The maximum absolute atomic E-state index is 10.4. The number of piperazine rings is 3. The molecule has 3 rings (SSSR count). The topological polar surface area (TPSA) is 114 Å². The summed E-state index contributed by atoms with van der Waals surface area (Å²) in [6.07, 6.45) is 0. The van der Waals surface area contributed by atoms with Gasteiger partial charge in [0.05, 0.1) is 0 Å². The van der Waals surface area contributed by atoms with Gasteiger partial charge in [-0.2, -0.15) is 11.1 Å². The molecule has 0 aromatic rings. The van der Waals surface area contributed by atoms with Gasteiger partial charge >= 0.3 is 0 Å². The van der Waals surface area contributed by atoms with E-state index in [9.17, 15) is 20.2 Å². The van der Waals surface area contributed by atoms with Crippen LogP contribution in [0.5, 0.6) is 0 Å². The van der Waals surface area contributed by atoms with Crippen LogP contribution in [0.25, 0.3) is 11.1 Å². The average Bonchev–Trinajstić information content (AvgIpc) is 2.18. The highest BCUT2D eigenvalue weighted by Gasteiger charge is 2.46. The summed E-state index contributed by atoms with van der Waals surface area (Å²) < 4.78 is 0.167. The van der Waals surface area contributed by atoms with E-state index >= 15 is 0 Å². The minimum Gasteiger partial charge on any atom is -0.299 e. The molecule has 10 heteroatoms. The lowest BCUT2D eigenvalue weighted by atomic mass is 10.2. The van der Waals surface area contributed by atoms with Gasteiger partial charge in [-0.05, 0) is 0 Å². The van der Waals surface area contributed by atoms with Crippen LogP contribution in [0, 0.1) is 20.2 Å². The van der Waals surface area contributed by atoms with Gasteiger partial charge in [-0.1, -0.05) is 0 Å². The van der Waals surface area contributed by atoms with E-state index in [1.165, 1.54) is 0 Å². The van der Waals surface area contributed by atoms with Crippen LogP contribution in [0.3, 0.4) is 0 Å². The molecule has 0 aromatic carbocycles. The third kappa shape index (κ3) is 1.84. The average molecular weight is 232 g/mol. The van der Waals surface area contributed by atoms with E-state index in [2.05, 4.69) is 11.1 Å². The summed E-state index contributed by atoms with van der Waals surface area (Å²) >= 11 is 0. The van der Waals surface area contributed by atoms with Crippen LogP contribution < -0.4 is 0 Å². The van der Waals surface area contributed by atoms with E-state index in [1.807, 2.05) is 0 Å². The van der Waals surface area contributed by atoms with Gasteiger partial charge in [-0.15, -0.1) is 0 Å². The molecular formula is C6H12N6O4. The Morgan fingerprint density at radius 3 is 1.19 bits per heavy atom. The van der Waals surface area contributed by atoms with Crippen LogP contribution in [-0.4, -0.2) is 58.5 Å². The first-order valence-corrected chi connectivity index (χ1v) is 4.93. The molecule has 0 unspecified atom stereocenters. The Hall–Kier alpha value is -1.68. The highest BCUT2D eigenvalue weighted by atomic mass is 16.7. The van der Waals surface area contributed by atoms with E-state index in [4.69, 9.17) is 0 Å². The normalized spacial score (nSPS) is 36.8. The Labute approximate surface area is 90.8 Å². The van der Waals surface area contributed by atoms with Crippen LogP contribution in [0.4, 0.5) is 0 Å². The first kappa shape index (κ1) is 10.8. The summed E-state index contributed by atoms with van der Waals surface area (Å²) in [5, 5.41) is 19.4. The Kier molecular flexibility index (Phi) is 2.31. The van der Waals surface area contributed by atoms with Gasteiger partial charge in [0, 0.05) is 10.1 Å². The molecule has 16 heavy (non-hydrogen) atoms. The number of hydrogen-bond donors (Lipinski definition) is 0.